The minimum absolute atomic E-state index is 0.00638. The number of ether oxygens (including phenoxy) is 2. The number of rotatable bonds is 30. The molecule has 1 N–H and O–H groups in total. The van der Waals surface area contributed by atoms with E-state index in [0.717, 1.165) is 24.3 Å². The quantitative estimate of drug-likeness (QED) is 0.0385. The number of hydrogen-bond donors (Lipinski definition) is 1. The van der Waals surface area contributed by atoms with Crippen LogP contribution in [0.4, 0.5) is 0 Å². The number of thiazole rings is 1. The number of carbonyl (C=O) groups is 2. The Morgan fingerprint density at radius 3 is 1.93 bits per heavy atom. The van der Waals surface area contributed by atoms with E-state index in [9.17, 15) is 19.0 Å². The Labute approximate surface area is 258 Å². The summed E-state index contributed by atoms with van der Waals surface area (Å²) in [6.45, 7) is 3.70. The third kappa shape index (κ3) is 24.3. The predicted octanol–water partition coefficient (Wildman–Crippen LogP) is 8.38. The highest BCUT2D eigenvalue weighted by Gasteiger charge is 2.25. The molecule has 0 aromatic carbocycles. The highest BCUT2D eigenvalue weighted by molar-refractivity contribution is 7.47. The van der Waals surface area contributed by atoms with Crippen molar-refractivity contribution in [3.05, 3.63) is 16.6 Å². The summed E-state index contributed by atoms with van der Waals surface area (Å²) >= 11 is 1.51. The fraction of sp³-hybridized carbons (Fsp3) is 0.839. The normalized spacial score (nSPS) is 13.6. The van der Waals surface area contributed by atoms with Gasteiger partial charge in [0, 0.05) is 24.6 Å². The van der Waals surface area contributed by atoms with Gasteiger partial charge < -0.3 is 14.4 Å². The number of unbranched alkanes of at least 4 members (excludes halogenated alkanes) is 15. The van der Waals surface area contributed by atoms with Crippen LogP contribution in [-0.2, 0) is 39.1 Å². The molecule has 0 aliphatic rings. The Morgan fingerprint density at radius 1 is 0.833 bits per heavy atom. The molecule has 0 saturated carbocycles. The smallest absolute Gasteiger partial charge is 0.457 e. The molecule has 1 aromatic heterocycles. The Bertz CT molecular complexity index is 839. The van der Waals surface area contributed by atoms with Gasteiger partial charge in [-0.05, 0) is 19.8 Å². The molecule has 2 unspecified atom stereocenters. The van der Waals surface area contributed by atoms with Gasteiger partial charge in [0.2, 0.25) is 0 Å². The molecule has 2 atom stereocenters. The summed E-state index contributed by atoms with van der Waals surface area (Å²) < 4.78 is 33.2. The van der Waals surface area contributed by atoms with E-state index in [2.05, 4.69) is 11.9 Å². The average molecular weight is 634 g/mol. The lowest BCUT2D eigenvalue weighted by Gasteiger charge is -2.19. The maximum atomic E-state index is 12.2. The molecular weight excluding hydrogens is 577 g/mol. The standard InChI is InChI=1S/C31H56NO8PS/c1-3-4-5-6-7-8-9-10-11-12-13-14-15-16-17-18-22-37-26-29(40-31(34)25-28(2)33)27-39-41(35,36)38-23-19-20-30-32-21-24-42-30/h21,24,29H,3-20,22-23,25-27H2,1-2H3,(H,35,36). The van der Waals surface area contributed by atoms with E-state index in [-0.39, 0.29) is 32.0 Å². The number of esters is 1. The highest BCUT2D eigenvalue weighted by atomic mass is 32.1. The minimum atomic E-state index is -4.33. The number of Topliss-reactive ketones (excluding diaryl/α,β-unsaturated/α-hetero) is 1. The van der Waals surface area contributed by atoms with Gasteiger partial charge in [-0.15, -0.1) is 11.3 Å². The second-order valence-corrected chi connectivity index (χ2v) is 13.4. The monoisotopic (exact) mass is 633 g/mol. The van der Waals surface area contributed by atoms with Crippen LogP contribution in [0, 0.1) is 0 Å². The van der Waals surface area contributed by atoms with Crippen LogP contribution in [0.1, 0.15) is 134 Å². The second kappa shape index (κ2) is 26.3. The van der Waals surface area contributed by atoms with Gasteiger partial charge in [0.1, 0.15) is 18.3 Å². The van der Waals surface area contributed by atoms with Gasteiger partial charge in [-0.2, -0.15) is 0 Å². The first kappa shape index (κ1) is 38.9. The SMILES string of the molecule is CCCCCCCCCCCCCCCCCCOCC(COP(=O)(O)OCCCc1nccs1)OC(=O)CC(C)=O. The first-order valence-corrected chi connectivity index (χ1v) is 18.5. The van der Waals surface area contributed by atoms with Crippen molar-refractivity contribution >= 4 is 30.9 Å². The molecule has 42 heavy (non-hydrogen) atoms. The second-order valence-electron chi connectivity index (χ2n) is 11.0. The van der Waals surface area contributed by atoms with Gasteiger partial charge in [-0.3, -0.25) is 18.6 Å². The number of aryl methyl sites for hydroxylation is 1. The maximum absolute atomic E-state index is 12.2. The molecule has 0 saturated heterocycles. The number of ketones is 1. The summed E-state index contributed by atoms with van der Waals surface area (Å²) in [6, 6.07) is 0. The molecule has 0 fully saturated rings. The molecule has 1 heterocycles. The molecule has 0 bridgehead atoms. The minimum Gasteiger partial charge on any atom is -0.457 e. The third-order valence-electron chi connectivity index (χ3n) is 6.83. The highest BCUT2D eigenvalue weighted by Crippen LogP contribution is 2.43. The fourth-order valence-electron chi connectivity index (χ4n) is 4.51. The van der Waals surface area contributed by atoms with Crippen LogP contribution in [0.3, 0.4) is 0 Å². The Hall–Kier alpha value is -1.16. The molecule has 0 amide bonds. The lowest BCUT2D eigenvalue weighted by Crippen LogP contribution is -2.29. The van der Waals surface area contributed by atoms with E-state index in [1.54, 1.807) is 6.20 Å². The Balaban J connectivity index is 2.11. The largest absolute Gasteiger partial charge is 0.472 e. The van der Waals surface area contributed by atoms with Crippen LogP contribution in [0.25, 0.3) is 0 Å². The van der Waals surface area contributed by atoms with E-state index in [0.29, 0.717) is 19.4 Å². The molecule has 0 spiro atoms. The molecular formula is C31H56NO8PS. The first-order valence-electron chi connectivity index (χ1n) is 16.1. The van der Waals surface area contributed by atoms with E-state index in [4.69, 9.17) is 18.5 Å². The molecule has 244 valence electrons. The van der Waals surface area contributed by atoms with Crippen LogP contribution >= 0.6 is 19.2 Å². The molecule has 9 nitrogen and oxygen atoms in total. The average Bonchev–Trinajstić information content (AvgIpc) is 3.46. The summed E-state index contributed by atoms with van der Waals surface area (Å²) in [6.07, 6.45) is 22.2. The van der Waals surface area contributed by atoms with Crippen LogP contribution in [0.15, 0.2) is 11.6 Å². The number of carbonyl (C=O) groups excluding carboxylic acids is 2. The van der Waals surface area contributed by atoms with Crippen molar-refractivity contribution in [2.45, 2.75) is 142 Å². The number of aromatic nitrogens is 1. The van der Waals surface area contributed by atoms with Crippen molar-refractivity contribution in [3.63, 3.8) is 0 Å². The Morgan fingerprint density at radius 2 is 1.40 bits per heavy atom. The zero-order chi connectivity index (χ0) is 30.7. The van der Waals surface area contributed by atoms with Crippen molar-refractivity contribution in [2.75, 3.05) is 26.4 Å². The topological polar surface area (TPSA) is 121 Å². The van der Waals surface area contributed by atoms with Crippen LogP contribution in [0.2, 0.25) is 0 Å². The van der Waals surface area contributed by atoms with Crippen LogP contribution < -0.4 is 0 Å². The number of phosphoric ester groups is 1. The number of hydrogen-bond acceptors (Lipinski definition) is 9. The zero-order valence-corrected chi connectivity index (χ0v) is 27.8. The fourth-order valence-corrected chi connectivity index (χ4v) is 5.96. The van der Waals surface area contributed by atoms with Crippen molar-refractivity contribution < 1.29 is 37.6 Å². The van der Waals surface area contributed by atoms with Gasteiger partial charge >= 0.3 is 13.8 Å². The maximum Gasteiger partial charge on any atom is 0.472 e. The van der Waals surface area contributed by atoms with Gasteiger partial charge in [0.25, 0.3) is 0 Å². The molecule has 1 rings (SSSR count). The number of phosphoric acid groups is 1. The first-order chi connectivity index (χ1) is 20.3. The van der Waals surface area contributed by atoms with Crippen molar-refractivity contribution in [1.29, 1.82) is 0 Å². The van der Waals surface area contributed by atoms with Crippen molar-refractivity contribution in [1.82, 2.24) is 4.98 Å². The lowest BCUT2D eigenvalue weighted by molar-refractivity contribution is -0.155. The molecule has 0 aliphatic heterocycles. The van der Waals surface area contributed by atoms with E-state index in [1.165, 1.54) is 102 Å². The van der Waals surface area contributed by atoms with Gasteiger partial charge in [-0.25, -0.2) is 9.55 Å². The van der Waals surface area contributed by atoms with Crippen molar-refractivity contribution in [3.8, 4) is 0 Å². The van der Waals surface area contributed by atoms with Gasteiger partial charge in [0.15, 0.2) is 0 Å². The number of nitrogens with zero attached hydrogens (tertiary/aromatic N) is 1. The molecule has 0 radical (unpaired) electrons. The summed E-state index contributed by atoms with van der Waals surface area (Å²) in [5, 5.41) is 2.79. The molecule has 1 aromatic rings. The molecule has 11 heteroatoms. The summed E-state index contributed by atoms with van der Waals surface area (Å²) in [5.74, 6) is -1.05. The van der Waals surface area contributed by atoms with E-state index in [1.807, 2.05) is 5.38 Å². The van der Waals surface area contributed by atoms with Crippen LogP contribution in [-0.4, -0.2) is 54.2 Å². The zero-order valence-electron chi connectivity index (χ0n) is 26.1. The Kier molecular flexibility index (Phi) is 24.3. The summed E-state index contributed by atoms with van der Waals surface area (Å²) in [4.78, 5) is 37.4. The van der Waals surface area contributed by atoms with Crippen molar-refractivity contribution in [2.24, 2.45) is 0 Å². The summed E-state index contributed by atoms with van der Waals surface area (Å²) in [7, 11) is -4.33. The van der Waals surface area contributed by atoms with Gasteiger partial charge in [0.05, 0.1) is 24.8 Å². The van der Waals surface area contributed by atoms with E-state index >= 15 is 0 Å². The van der Waals surface area contributed by atoms with Crippen LogP contribution in [0.5, 0.6) is 0 Å². The molecule has 0 aliphatic carbocycles. The third-order valence-corrected chi connectivity index (χ3v) is 8.66. The lowest BCUT2D eigenvalue weighted by atomic mass is 10.0. The predicted molar refractivity (Wildman–Crippen MR) is 168 cm³/mol. The van der Waals surface area contributed by atoms with E-state index < -0.39 is 19.9 Å². The van der Waals surface area contributed by atoms with Gasteiger partial charge in [-0.1, -0.05) is 103 Å². The summed E-state index contributed by atoms with van der Waals surface area (Å²) in [5.41, 5.74) is 0.